The van der Waals surface area contributed by atoms with Crippen molar-refractivity contribution >= 4 is 12.0 Å². The van der Waals surface area contributed by atoms with Crippen molar-refractivity contribution in [1.29, 1.82) is 0 Å². The smallest absolute Gasteiger partial charge is 0.328 e. The summed E-state index contributed by atoms with van der Waals surface area (Å²) < 4.78 is 0. The fraction of sp³-hybridized carbons (Fsp3) is 0.364. The highest BCUT2D eigenvalue weighted by molar-refractivity contribution is 5.82. The molecule has 0 aliphatic heterocycles. The average molecular weight is 253 g/mol. The molecule has 0 spiro atoms. The van der Waals surface area contributed by atoms with E-state index in [1.54, 1.807) is 31.5 Å². The Hall–Kier alpha value is -2.15. The molecule has 1 aromatic heterocycles. The zero-order valence-corrected chi connectivity index (χ0v) is 9.83. The minimum Gasteiger partial charge on any atom is -0.480 e. The highest BCUT2D eigenvalue weighted by atomic mass is 16.4. The molecule has 7 nitrogen and oxygen atoms in total. The van der Waals surface area contributed by atoms with E-state index >= 15 is 0 Å². The number of amides is 2. The summed E-state index contributed by atoms with van der Waals surface area (Å²) in [5.41, 5.74) is 0.844. The summed E-state index contributed by atoms with van der Waals surface area (Å²) in [5, 5.41) is 22.1. The number of nitrogens with one attached hydrogen (secondary N) is 2. The summed E-state index contributed by atoms with van der Waals surface area (Å²) in [4.78, 5) is 26.0. The largest absolute Gasteiger partial charge is 0.480 e. The molecule has 2 atom stereocenters. The Morgan fingerprint density at radius 1 is 1.33 bits per heavy atom. The van der Waals surface area contributed by atoms with Gasteiger partial charge >= 0.3 is 12.0 Å². The van der Waals surface area contributed by atoms with Crippen LogP contribution in [0, 0.1) is 0 Å². The highest BCUT2D eigenvalue weighted by Gasteiger charge is 2.19. The Morgan fingerprint density at radius 2 is 1.94 bits per heavy atom. The van der Waals surface area contributed by atoms with Gasteiger partial charge in [0.15, 0.2) is 6.04 Å². The normalized spacial score (nSPS) is 13.4. The van der Waals surface area contributed by atoms with E-state index in [0.717, 1.165) is 5.56 Å². The first kappa shape index (κ1) is 13.9. The van der Waals surface area contributed by atoms with Gasteiger partial charge in [0.1, 0.15) is 0 Å². The Bertz CT molecular complexity index is 410. The Balaban J connectivity index is 2.52. The van der Waals surface area contributed by atoms with Crippen LogP contribution in [0.1, 0.15) is 18.5 Å². The molecule has 4 N–H and O–H groups in total. The van der Waals surface area contributed by atoms with E-state index in [-0.39, 0.29) is 6.04 Å². The molecule has 0 aromatic carbocycles. The number of nitrogens with zero attached hydrogens (tertiary/aromatic N) is 1. The van der Waals surface area contributed by atoms with Crippen molar-refractivity contribution in [2.24, 2.45) is 0 Å². The van der Waals surface area contributed by atoms with Crippen LogP contribution in [0.15, 0.2) is 24.5 Å². The van der Waals surface area contributed by atoms with Crippen LogP contribution in [-0.4, -0.2) is 39.8 Å². The zero-order chi connectivity index (χ0) is 13.5. The standard InChI is InChI=1S/C11H15N3O4/c1-7(8-2-4-12-5-3-8)13-11(18)14-9(6-15)10(16)17/h2-5,7,9,15H,6H2,1H3,(H,16,17)(H2,13,14,18)/t7?,9-/m0/s1. The van der Waals surface area contributed by atoms with Crippen LogP contribution in [0.3, 0.4) is 0 Å². The second-order valence-corrected chi connectivity index (χ2v) is 3.69. The quantitative estimate of drug-likeness (QED) is 0.585. The van der Waals surface area contributed by atoms with Gasteiger partial charge < -0.3 is 20.8 Å². The number of urea groups is 1. The number of hydrogen-bond donors (Lipinski definition) is 4. The molecule has 0 aliphatic carbocycles. The fourth-order valence-electron chi connectivity index (χ4n) is 1.32. The molecule has 98 valence electrons. The predicted molar refractivity (Wildman–Crippen MR) is 62.8 cm³/mol. The average Bonchev–Trinajstić information content (AvgIpc) is 2.36. The van der Waals surface area contributed by atoms with Gasteiger partial charge in [0, 0.05) is 12.4 Å². The summed E-state index contributed by atoms with van der Waals surface area (Å²) in [7, 11) is 0. The molecule has 0 fully saturated rings. The molecule has 0 radical (unpaired) electrons. The van der Waals surface area contributed by atoms with Crippen molar-refractivity contribution in [2.75, 3.05) is 6.61 Å². The summed E-state index contributed by atoms with van der Waals surface area (Å²) in [6.45, 7) is 1.09. The Morgan fingerprint density at radius 3 is 2.44 bits per heavy atom. The minimum atomic E-state index is -1.31. The number of carbonyl (C=O) groups excluding carboxylic acids is 1. The molecule has 2 amide bonds. The fourth-order valence-corrected chi connectivity index (χ4v) is 1.32. The zero-order valence-electron chi connectivity index (χ0n) is 9.83. The third kappa shape index (κ3) is 4.02. The van der Waals surface area contributed by atoms with Crippen LogP contribution >= 0.6 is 0 Å². The Labute approximate surface area is 104 Å². The number of carboxylic acid groups (broad SMARTS) is 1. The van der Waals surface area contributed by atoms with Gasteiger partial charge in [-0.2, -0.15) is 0 Å². The van der Waals surface area contributed by atoms with E-state index in [4.69, 9.17) is 10.2 Å². The lowest BCUT2D eigenvalue weighted by atomic mass is 10.1. The number of pyridine rings is 1. The SMILES string of the molecule is CC(NC(=O)N[C@@H](CO)C(=O)O)c1ccncc1. The first-order valence-corrected chi connectivity index (χ1v) is 5.35. The topological polar surface area (TPSA) is 112 Å². The van der Waals surface area contributed by atoms with Gasteiger partial charge in [-0.1, -0.05) is 0 Å². The predicted octanol–water partition coefficient (Wildman–Crippen LogP) is -0.113. The van der Waals surface area contributed by atoms with E-state index < -0.39 is 24.6 Å². The van der Waals surface area contributed by atoms with Crippen LogP contribution in [-0.2, 0) is 4.79 Å². The van der Waals surface area contributed by atoms with Crippen molar-refractivity contribution in [2.45, 2.75) is 19.0 Å². The number of carbonyl (C=O) groups is 2. The maximum atomic E-state index is 11.5. The summed E-state index contributed by atoms with van der Waals surface area (Å²) in [5.74, 6) is -1.29. The van der Waals surface area contributed by atoms with E-state index in [1.165, 1.54) is 0 Å². The number of hydrogen-bond acceptors (Lipinski definition) is 4. The third-order valence-corrected chi connectivity index (χ3v) is 2.34. The number of aliphatic hydroxyl groups is 1. The van der Waals surface area contributed by atoms with Crippen LogP contribution in [0.4, 0.5) is 4.79 Å². The number of carboxylic acids is 1. The maximum Gasteiger partial charge on any atom is 0.328 e. The van der Waals surface area contributed by atoms with E-state index in [0.29, 0.717) is 0 Å². The van der Waals surface area contributed by atoms with Crippen molar-refractivity contribution in [3.8, 4) is 0 Å². The molecule has 1 heterocycles. The van der Waals surface area contributed by atoms with E-state index in [1.807, 2.05) is 0 Å². The van der Waals surface area contributed by atoms with E-state index in [2.05, 4.69) is 15.6 Å². The molecular formula is C11H15N3O4. The lowest BCUT2D eigenvalue weighted by molar-refractivity contribution is -0.140. The second-order valence-electron chi connectivity index (χ2n) is 3.69. The van der Waals surface area contributed by atoms with Gasteiger partial charge in [-0.05, 0) is 24.6 Å². The van der Waals surface area contributed by atoms with Gasteiger partial charge in [0.05, 0.1) is 12.6 Å². The highest BCUT2D eigenvalue weighted by Crippen LogP contribution is 2.09. The summed E-state index contributed by atoms with van der Waals surface area (Å²) in [6, 6.07) is 1.23. The third-order valence-electron chi connectivity index (χ3n) is 2.34. The molecule has 0 saturated heterocycles. The molecule has 7 heteroatoms. The molecule has 0 saturated carbocycles. The van der Waals surface area contributed by atoms with Gasteiger partial charge in [-0.3, -0.25) is 4.98 Å². The lowest BCUT2D eigenvalue weighted by Crippen LogP contribution is -2.48. The van der Waals surface area contributed by atoms with Gasteiger partial charge in [0.25, 0.3) is 0 Å². The monoisotopic (exact) mass is 253 g/mol. The van der Waals surface area contributed by atoms with Crippen molar-refractivity contribution < 1.29 is 19.8 Å². The lowest BCUT2D eigenvalue weighted by Gasteiger charge is -2.17. The first-order chi connectivity index (χ1) is 8.54. The molecule has 1 unspecified atom stereocenters. The maximum absolute atomic E-state index is 11.5. The van der Waals surface area contributed by atoms with Crippen molar-refractivity contribution in [3.63, 3.8) is 0 Å². The first-order valence-electron chi connectivity index (χ1n) is 5.35. The van der Waals surface area contributed by atoms with Gasteiger partial charge in [0.2, 0.25) is 0 Å². The molecule has 0 bridgehead atoms. The molecule has 1 aromatic rings. The van der Waals surface area contributed by atoms with E-state index in [9.17, 15) is 9.59 Å². The Kier molecular flexibility index (Phi) is 5.06. The molecule has 18 heavy (non-hydrogen) atoms. The molecule has 1 rings (SSSR count). The van der Waals surface area contributed by atoms with Crippen LogP contribution in [0.5, 0.6) is 0 Å². The second kappa shape index (κ2) is 6.55. The number of aromatic nitrogens is 1. The van der Waals surface area contributed by atoms with Crippen LogP contribution in [0.25, 0.3) is 0 Å². The minimum absolute atomic E-state index is 0.291. The van der Waals surface area contributed by atoms with Crippen molar-refractivity contribution in [1.82, 2.24) is 15.6 Å². The van der Waals surface area contributed by atoms with Crippen LogP contribution < -0.4 is 10.6 Å². The molecular weight excluding hydrogens is 238 g/mol. The van der Waals surface area contributed by atoms with Gasteiger partial charge in [-0.25, -0.2) is 9.59 Å². The number of aliphatic hydroxyl groups excluding tert-OH is 1. The number of aliphatic carboxylic acids is 1. The molecule has 0 aliphatic rings. The van der Waals surface area contributed by atoms with Gasteiger partial charge in [-0.15, -0.1) is 0 Å². The summed E-state index contributed by atoms with van der Waals surface area (Å²) in [6.07, 6.45) is 3.19. The van der Waals surface area contributed by atoms with Crippen molar-refractivity contribution in [3.05, 3.63) is 30.1 Å². The summed E-state index contributed by atoms with van der Waals surface area (Å²) >= 11 is 0. The van der Waals surface area contributed by atoms with Crippen LogP contribution in [0.2, 0.25) is 0 Å². The number of rotatable bonds is 5.